The lowest BCUT2D eigenvalue weighted by Crippen LogP contribution is -1.83. The molecule has 62 valence electrons. The summed E-state index contributed by atoms with van der Waals surface area (Å²) < 4.78 is 13.0. The Balaban J connectivity index is 2.94. The lowest BCUT2D eigenvalue weighted by atomic mass is 10.1. The zero-order valence-electron chi connectivity index (χ0n) is 6.36. The van der Waals surface area contributed by atoms with Crippen molar-refractivity contribution in [3.05, 3.63) is 28.7 Å². The van der Waals surface area contributed by atoms with Gasteiger partial charge in [-0.3, -0.25) is 5.10 Å². The van der Waals surface area contributed by atoms with Gasteiger partial charge < -0.3 is 0 Å². The number of aryl methyl sites for hydroxylation is 1. The second kappa shape index (κ2) is 2.45. The molecule has 1 aromatic carbocycles. The van der Waals surface area contributed by atoms with E-state index in [9.17, 15) is 4.39 Å². The number of halogens is 2. The number of nitrogens with one attached hydrogen (secondary N) is 1. The summed E-state index contributed by atoms with van der Waals surface area (Å²) in [6, 6.07) is 1.37. The van der Waals surface area contributed by atoms with Crippen LogP contribution in [0.25, 0.3) is 10.9 Å². The van der Waals surface area contributed by atoms with Crippen molar-refractivity contribution >= 4 is 22.5 Å². The van der Waals surface area contributed by atoms with Gasteiger partial charge in [-0.15, -0.1) is 0 Å². The van der Waals surface area contributed by atoms with E-state index in [1.54, 1.807) is 13.1 Å². The van der Waals surface area contributed by atoms with Crippen LogP contribution in [0.5, 0.6) is 0 Å². The van der Waals surface area contributed by atoms with E-state index in [0.29, 0.717) is 5.56 Å². The number of aromatic amines is 1. The molecule has 1 N–H and O–H groups in total. The third-order valence-corrected chi connectivity index (χ3v) is 2.33. The summed E-state index contributed by atoms with van der Waals surface area (Å²) in [7, 11) is 0. The number of fused-ring (bicyclic) bond motifs is 1. The molecule has 0 unspecified atom stereocenters. The molecule has 2 nitrogen and oxygen atoms in total. The van der Waals surface area contributed by atoms with Gasteiger partial charge in [0.05, 0.1) is 16.7 Å². The van der Waals surface area contributed by atoms with Gasteiger partial charge in [0.15, 0.2) is 0 Å². The van der Waals surface area contributed by atoms with Crippen LogP contribution in [-0.4, -0.2) is 10.2 Å². The first kappa shape index (κ1) is 7.55. The van der Waals surface area contributed by atoms with E-state index in [-0.39, 0.29) is 5.02 Å². The van der Waals surface area contributed by atoms with Crippen molar-refractivity contribution in [2.45, 2.75) is 6.92 Å². The van der Waals surface area contributed by atoms with Crippen molar-refractivity contribution in [2.75, 3.05) is 0 Å². The Morgan fingerprint density at radius 2 is 2.33 bits per heavy atom. The third-order valence-electron chi connectivity index (χ3n) is 1.86. The number of nitrogens with zero attached hydrogens (tertiary/aromatic N) is 1. The van der Waals surface area contributed by atoms with Gasteiger partial charge >= 0.3 is 0 Å². The predicted molar refractivity (Wildman–Crippen MR) is 45.8 cm³/mol. The maximum Gasteiger partial charge on any atom is 0.142 e. The van der Waals surface area contributed by atoms with Crippen molar-refractivity contribution in [3.8, 4) is 0 Å². The topological polar surface area (TPSA) is 28.7 Å². The van der Waals surface area contributed by atoms with E-state index < -0.39 is 5.82 Å². The van der Waals surface area contributed by atoms with Crippen LogP contribution >= 0.6 is 11.6 Å². The summed E-state index contributed by atoms with van der Waals surface area (Å²) >= 11 is 5.69. The molecule has 0 bridgehead atoms. The third kappa shape index (κ3) is 0.898. The highest BCUT2D eigenvalue weighted by Crippen LogP contribution is 2.26. The van der Waals surface area contributed by atoms with Crippen LogP contribution in [0.3, 0.4) is 0 Å². The summed E-state index contributed by atoms with van der Waals surface area (Å²) in [5.41, 5.74) is 1.49. The van der Waals surface area contributed by atoms with Crippen LogP contribution < -0.4 is 0 Å². The first-order valence-corrected chi connectivity index (χ1v) is 3.85. The van der Waals surface area contributed by atoms with E-state index in [1.807, 2.05) is 0 Å². The van der Waals surface area contributed by atoms with Gasteiger partial charge in [-0.1, -0.05) is 11.6 Å². The van der Waals surface area contributed by atoms with Gasteiger partial charge in [-0.25, -0.2) is 4.39 Å². The number of aromatic nitrogens is 2. The molecule has 12 heavy (non-hydrogen) atoms. The maximum atomic E-state index is 13.0. The molecule has 2 rings (SSSR count). The van der Waals surface area contributed by atoms with Gasteiger partial charge in [0.25, 0.3) is 0 Å². The van der Waals surface area contributed by atoms with E-state index in [2.05, 4.69) is 10.2 Å². The fourth-order valence-electron chi connectivity index (χ4n) is 1.19. The average molecular weight is 185 g/mol. The molecule has 0 saturated carbocycles. The Hall–Kier alpha value is -1.09. The first-order valence-electron chi connectivity index (χ1n) is 3.48. The molecule has 2 aromatic rings. The van der Waals surface area contributed by atoms with Crippen LogP contribution in [0.15, 0.2) is 12.3 Å². The highest BCUT2D eigenvalue weighted by Gasteiger charge is 2.08. The number of benzene rings is 1. The normalized spacial score (nSPS) is 10.9. The number of hydrogen-bond acceptors (Lipinski definition) is 1. The summed E-state index contributed by atoms with van der Waals surface area (Å²) in [4.78, 5) is 0. The van der Waals surface area contributed by atoms with Crippen molar-refractivity contribution in [3.63, 3.8) is 0 Å². The van der Waals surface area contributed by atoms with Crippen molar-refractivity contribution in [1.82, 2.24) is 10.2 Å². The molecule has 0 aliphatic heterocycles. The molecule has 0 amide bonds. The van der Waals surface area contributed by atoms with Crippen LogP contribution in [0.1, 0.15) is 5.56 Å². The van der Waals surface area contributed by atoms with Gasteiger partial charge in [0.1, 0.15) is 5.82 Å². The molecule has 1 heterocycles. The van der Waals surface area contributed by atoms with Crippen LogP contribution in [0.4, 0.5) is 4.39 Å². The minimum absolute atomic E-state index is 0.159. The van der Waals surface area contributed by atoms with E-state index in [0.717, 1.165) is 10.9 Å². The van der Waals surface area contributed by atoms with Gasteiger partial charge in [-0.2, -0.15) is 5.10 Å². The zero-order valence-corrected chi connectivity index (χ0v) is 7.11. The van der Waals surface area contributed by atoms with Crippen molar-refractivity contribution in [2.24, 2.45) is 0 Å². The summed E-state index contributed by atoms with van der Waals surface area (Å²) in [6.45, 7) is 1.76. The molecule has 0 atom stereocenters. The van der Waals surface area contributed by atoms with Gasteiger partial charge in [0.2, 0.25) is 0 Å². The molecule has 0 aliphatic rings. The minimum atomic E-state index is -0.400. The second-order valence-corrected chi connectivity index (χ2v) is 3.01. The summed E-state index contributed by atoms with van der Waals surface area (Å²) in [5.74, 6) is -0.400. The van der Waals surface area contributed by atoms with Crippen LogP contribution in [-0.2, 0) is 0 Å². The highest BCUT2D eigenvalue weighted by atomic mass is 35.5. The Kier molecular flexibility index (Phi) is 1.54. The Morgan fingerprint density at radius 3 is 3.08 bits per heavy atom. The number of H-pyrrole nitrogens is 1. The SMILES string of the molecule is Cc1c(Cl)c(F)cc2cn[nH]c12. The molecule has 0 radical (unpaired) electrons. The molecule has 0 spiro atoms. The van der Waals surface area contributed by atoms with Crippen LogP contribution in [0, 0.1) is 12.7 Å². The summed E-state index contributed by atoms with van der Waals surface area (Å²) in [5, 5.41) is 7.45. The molecule has 0 fully saturated rings. The fraction of sp³-hybridized carbons (Fsp3) is 0.125. The lowest BCUT2D eigenvalue weighted by Gasteiger charge is -1.99. The Bertz CT molecular complexity index is 436. The standard InChI is InChI=1S/C8H6ClFN2/c1-4-7(9)6(10)2-5-3-11-12-8(4)5/h2-3H,1H3,(H,11,12). The smallest absolute Gasteiger partial charge is 0.142 e. The van der Waals surface area contributed by atoms with E-state index in [1.165, 1.54) is 6.07 Å². The van der Waals surface area contributed by atoms with Gasteiger partial charge in [0, 0.05) is 5.39 Å². The molecule has 0 aliphatic carbocycles. The van der Waals surface area contributed by atoms with Crippen LogP contribution in [0.2, 0.25) is 5.02 Å². The number of hydrogen-bond donors (Lipinski definition) is 1. The maximum absolute atomic E-state index is 13.0. The predicted octanol–water partition coefficient (Wildman–Crippen LogP) is 2.66. The molecular formula is C8H6ClFN2. The highest BCUT2D eigenvalue weighted by molar-refractivity contribution is 6.32. The summed E-state index contributed by atoms with van der Waals surface area (Å²) in [6.07, 6.45) is 1.57. The quantitative estimate of drug-likeness (QED) is 0.670. The fourth-order valence-corrected chi connectivity index (χ4v) is 1.34. The van der Waals surface area contributed by atoms with Crippen molar-refractivity contribution < 1.29 is 4.39 Å². The largest absolute Gasteiger partial charge is 0.278 e. The van der Waals surface area contributed by atoms with Gasteiger partial charge in [-0.05, 0) is 18.6 Å². The zero-order chi connectivity index (χ0) is 8.72. The Morgan fingerprint density at radius 1 is 1.58 bits per heavy atom. The molecule has 0 saturated heterocycles. The lowest BCUT2D eigenvalue weighted by molar-refractivity contribution is 0.629. The average Bonchev–Trinajstić information content (AvgIpc) is 2.48. The second-order valence-electron chi connectivity index (χ2n) is 2.63. The van der Waals surface area contributed by atoms with E-state index in [4.69, 9.17) is 11.6 Å². The first-order chi connectivity index (χ1) is 5.70. The van der Waals surface area contributed by atoms with Crippen molar-refractivity contribution in [1.29, 1.82) is 0 Å². The minimum Gasteiger partial charge on any atom is -0.278 e. The number of rotatable bonds is 0. The Labute approximate surface area is 73.3 Å². The van der Waals surface area contributed by atoms with E-state index >= 15 is 0 Å². The molecule has 1 aromatic heterocycles. The monoisotopic (exact) mass is 184 g/mol. The molecular weight excluding hydrogens is 179 g/mol. The molecule has 4 heteroatoms.